The summed E-state index contributed by atoms with van der Waals surface area (Å²) in [7, 11) is 1.58. The first-order valence-electron chi connectivity index (χ1n) is 5.66. The van der Waals surface area contributed by atoms with Gasteiger partial charge in [-0.05, 0) is 34.1 Å². The van der Waals surface area contributed by atoms with E-state index in [0.717, 1.165) is 4.47 Å². The van der Waals surface area contributed by atoms with E-state index in [2.05, 4.69) is 25.9 Å². The summed E-state index contributed by atoms with van der Waals surface area (Å²) in [5.41, 5.74) is 1.26. The summed E-state index contributed by atoms with van der Waals surface area (Å²) in [6.07, 6.45) is 0. The average molecular weight is 425 g/mol. The molecule has 2 aromatic heterocycles. The van der Waals surface area contributed by atoms with Crippen molar-refractivity contribution in [1.82, 2.24) is 9.97 Å². The third-order valence-electron chi connectivity index (χ3n) is 2.84. The van der Waals surface area contributed by atoms with Crippen molar-refractivity contribution in [3.63, 3.8) is 0 Å². The van der Waals surface area contributed by atoms with Gasteiger partial charge in [-0.15, -0.1) is 11.3 Å². The van der Waals surface area contributed by atoms with Gasteiger partial charge in [-0.1, -0.05) is 34.8 Å². The van der Waals surface area contributed by atoms with E-state index in [-0.39, 0.29) is 0 Å². The zero-order valence-electron chi connectivity index (χ0n) is 10.5. The molecule has 3 rings (SSSR count). The fraction of sp³-hybridized carbons (Fsp3) is 0.0769. The number of aromatic nitrogens is 2. The maximum atomic E-state index is 6.30. The molecule has 0 aliphatic carbocycles. The first kappa shape index (κ1) is 15.3. The summed E-state index contributed by atoms with van der Waals surface area (Å²) in [6.45, 7) is 0. The maximum absolute atomic E-state index is 6.30. The summed E-state index contributed by atoms with van der Waals surface area (Å²) >= 11 is 23.1. The van der Waals surface area contributed by atoms with E-state index in [4.69, 9.17) is 39.5 Å². The van der Waals surface area contributed by atoms with Gasteiger partial charge in [-0.3, -0.25) is 0 Å². The normalized spacial score (nSPS) is 11.1. The third-order valence-corrected chi connectivity index (χ3v) is 5.26. The standard InChI is InChI=1S/C13H6BrCl3N2OS/c1-20-7-3-2-6(14)9-10(7)18-13(19-11(9)16)5-4-8(15)21-12(5)17/h2-4H,1H3. The van der Waals surface area contributed by atoms with Crippen LogP contribution in [0.4, 0.5) is 0 Å². The van der Waals surface area contributed by atoms with Crippen molar-refractivity contribution in [2.75, 3.05) is 7.11 Å². The van der Waals surface area contributed by atoms with E-state index in [0.29, 0.717) is 41.9 Å². The Morgan fingerprint density at radius 1 is 1.19 bits per heavy atom. The van der Waals surface area contributed by atoms with Crippen LogP contribution in [-0.2, 0) is 0 Å². The molecular weight excluding hydrogens is 418 g/mol. The highest BCUT2D eigenvalue weighted by Crippen LogP contribution is 2.40. The van der Waals surface area contributed by atoms with Gasteiger partial charge in [-0.2, -0.15) is 0 Å². The molecule has 0 spiro atoms. The van der Waals surface area contributed by atoms with Gasteiger partial charge in [0.2, 0.25) is 0 Å². The Labute approximate surface area is 148 Å². The van der Waals surface area contributed by atoms with Crippen molar-refractivity contribution in [3.05, 3.63) is 36.5 Å². The van der Waals surface area contributed by atoms with Crippen LogP contribution in [0.5, 0.6) is 5.75 Å². The lowest BCUT2D eigenvalue weighted by atomic mass is 10.2. The second-order valence-corrected chi connectivity index (χ2v) is 7.55. The molecule has 0 atom stereocenters. The molecule has 2 heterocycles. The monoisotopic (exact) mass is 422 g/mol. The third kappa shape index (κ3) is 2.73. The molecule has 0 unspecified atom stereocenters. The van der Waals surface area contributed by atoms with E-state index >= 15 is 0 Å². The fourth-order valence-corrected chi connectivity index (χ4v) is 4.26. The Bertz CT molecular complexity index is 853. The number of halogens is 4. The van der Waals surface area contributed by atoms with E-state index in [1.165, 1.54) is 11.3 Å². The molecule has 0 aliphatic rings. The van der Waals surface area contributed by atoms with Crippen LogP contribution in [0.2, 0.25) is 13.8 Å². The highest BCUT2D eigenvalue weighted by Gasteiger charge is 2.17. The molecule has 0 fully saturated rings. The number of fused-ring (bicyclic) bond motifs is 1. The van der Waals surface area contributed by atoms with Gasteiger partial charge in [-0.25, -0.2) is 9.97 Å². The Morgan fingerprint density at radius 2 is 1.95 bits per heavy atom. The maximum Gasteiger partial charge on any atom is 0.164 e. The van der Waals surface area contributed by atoms with Crippen molar-refractivity contribution in [3.8, 4) is 17.1 Å². The summed E-state index contributed by atoms with van der Waals surface area (Å²) in [4.78, 5) is 8.84. The topological polar surface area (TPSA) is 35.0 Å². The second kappa shape index (κ2) is 5.89. The molecule has 0 aliphatic heterocycles. The molecule has 0 radical (unpaired) electrons. The van der Waals surface area contributed by atoms with Crippen molar-refractivity contribution < 1.29 is 4.74 Å². The zero-order valence-corrected chi connectivity index (χ0v) is 15.1. The zero-order chi connectivity index (χ0) is 15.1. The molecule has 108 valence electrons. The number of benzene rings is 1. The van der Waals surface area contributed by atoms with E-state index in [9.17, 15) is 0 Å². The van der Waals surface area contributed by atoms with E-state index in [1.54, 1.807) is 13.2 Å². The lowest BCUT2D eigenvalue weighted by Gasteiger charge is -2.09. The van der Waals surface area contributed by atoms with Crippen molar-refractivity contribution >= 4 is 73.0 Å². The van der Waals surface area contributed by atoms with E-state index in [1.807, 2.05) is 12.1 Å². The molecular formula is C13H6BrCl3N2OS. The van der Waals surface area contributed by atoms with Gasteiger partial charge < -0.3 is 4.74 Å². The highest BCUT2D eigenvalue weighted by molar-refractivity contribution is 9.10. The smallest absolute Gasteiger partial charge is 0.164 e. The Morgan fingerprint density at radius 3 is 2.57 bits per heavy atom. The van der Waals surface area contributed by atoms with Gasteiger partial charge in [0.05, 0.1) is 22.4 Å². The number of hydrogen-bond acceptors (Lipinski definition) is 4. The Hall–Kier alpha value is -0.590. The molecule has 0 saturated heterocycles. The van der Waals surface area contributed by atoms with Gasteiger partial charge >= 0.3 is 0 Å². The van der Waals surface area contributed by atoms with Crippen LogP contribution >= 0.6 is 62.1 Å². The summed E-state index contributed by atoms with van der Waals surface area (Å²) in [5.74, 6) is 1.02. The fourth-order valence-electron chi connectivity index (χ4n) is 1.91. The van der Waals surface area contributed by atoms with Crippen LogP contribution in [-0.4, -0.2) is 17.1 Å². The van der Waals surface area contributed by atoms with Gasteiger partial charge in [0.1, 0.15) is 20.8 Å². The second-order valence-electron chi connectivity index (χ2n) is 4.05. The number of ether oxygens (including phenoxy) is 1. The number of nitrogens with zero attached hydrogens (tertiary/aromatic N) is 2. The first-order chi connectivity index (χ1) is 10.0. The van der Waals surface area contributed by atoms with Crippen molar-refractivity contribution in [1.29, 1.82) is 0 Å². The molecule has 0 saturated carbocycles. The highest BCUT2D eigenvalue weighted by atomic mass is 79.9. The minimum absolute atomic E-state index is 0.319. The van der Waals surface area contributed by atoms with Crippen LogP contribution in [0, 0.1) is 0 Å². The molecule has 21 heavy (non-hydrogen) atoms. The molecule has 0 N–H and O–H groups in total. The summed E-state index contributed by atoms with van der Waals surface area (Å²) in [6, 6.07) is 5.36. The van der Waals surface area contributed by atoms with Gasteiger partial charge in [0, 0.05) is 4.47 Å². The van der Waals surface area contributed by atoms with Crippen LogP contribution < -0.4 is 4.74 Å². The quantitative estimate of drug-likeness (QED) is 0.467. The first-order valence-corrected chi connectivity index (χ1v) is 8.40. The van der Waals surface area contributed by atoms with Crippen molar-refractivity contribution in [2.24, 2.45) is 0 Å². The SMILES string of the molecule is COc1ccc(Br)c2c(Cl)nc(-c3cc(Cl)sc3Cl)nc12. The number of hydrogen-bond donors (Lipinski definition) is 0. The summed E-state index contributed by atoms with van der Waals surface area (Å²) < 4.78 is 7.22. The lowest BCUT2D eigenvalue weighted by molar-refractivity contribution is 0.419. The Kier molecular flexibility index (Phi) is 4.30. The van der Waals surface area contributed by atoms with Crippen LogP contribution in [0.3, 0.4) is 0 Å². The molecule has 8 heteroatoms. The van der Waals surface area contributed by atoms with Crippen molar-refractivity contribution in [2.45, 2.75) is 0 Å². The number of methoxy groups -OCH3 is 1. The molecule has 3 nitrogen and oxygen atoms in total. The van der Waals surface area contributed by atoms with Crippen LogP contribution in [0.1, 0.15) is 0 Å². The predicted molar refractivity (Wildman–Crippen MR) is 92.1 cm³/mol. The average Bonchev–Trinajstić information content (AvgIpc) is 2.77. The predicted octanol–water partition coefficient (Wildman–Crippen LogP) is 6.09. The molecule has 0 amide bonds. The lowest BCUT2D eigenvalue weighted by Crippen LogP contribution is -1.95. The minimum Gasteiger partial charge on any atom is -0.494 e. The molecule has 0 bridgehead atoms. The summed E-state index contributed by atoms with van der Waals surface area (Å²) in [5, 5.41) is 1.01. The van der Waals surface area contributed by atoms with Gasteiger partial charge in [0.25, 0.3) is 0 Å². The van der Waals surface area contributed by atoms with Crippen LogP contribution in [0.15, 0.2) is 22.7 Å². The van der Waals surface area contributed by atoms with E-state index < -0.39 is 0 Å². The van der Waals surface area contributed by atoms with Gasteiger partial charge in [0.15, 0.2) is 5.82 Å². The largest absolute Gasteiger partial charge is 0.494 e. The van der Waals surface area contributed by atoms with Crippen LogP contribution in [0.25, 0.3) is 22.3 Å². The molecule has 1 aromatic carbocycles. The molecule has 3 aromatic rings. The Balaban J connectivity index is 2.35. The number of thiophene rings is 1. The number of rotatable bonds is 2. The minimum atomic E-state index is 0.319.